The normalized spacial score (nSPS) is 37.4. The highest BCUT2D eigenvalue weighted by Crippen LogP contribution is 2.27. The minimum absolute atomic E-state index is 0.768. The molecule has 2 nitrogen and oxygen atoms in total. The van der Waals surface area contributed by atoms with E-state index in [0.717, 1.165) is 18.0 Å². The summed E-state index contributed by atoms with van der Waals surface area (Å²) in [5, 5.41) is 3.60. The molecule has 2 heteroatoms. The minimum atomic E-state index is 0.768. The summed E-state index contributed by atoms with van der Waals surface area (Å²) in [6.45, 7) is 4.93. The van der Waals surface area contributed by atoms with Gasteiger partial charge in [-0.05, 0) is 45.2 Å². The molecule has 0 aromatic carbocycles. The van der Waals surface area contributed by atoms with Crippen molar-refractivity contribution in [3.63, 3.8) is 0 Å². The molecule has 0 amide bonds. The molecule has 1 heterocycles. The van der Waals surface area contributed by atoms with Crippen LogP contribution < -0.4 is 5.32 Å². The van der Waals surface area contributed by atoms with Gasteiger partial charge >= 0.3 is 0 Å². The molecule has 1 saturated carbocycles. The predicted molar refractivity (Wildman–Crippen MR) is 65.1 cm³/mol. The number of likely N-dealkylation sites (N-methyl/N-ethyl adjacent to an activating group) is 1. The van der Waals surface area contributed by atoms with Crippen molar-refractivity contribution < 1.29 is 0 Å². The van der Waals surface area contributed by atoms with Gasteiger partial charge in [0.1, 0.15) is 0 Å². The van der Waals surface area contributed by atoms with Crippen molar-refractivity contribution in [2.75, 3.05) is 20.1 Å². The molecule has 3 atom stereocenters. The fraction of sp³-hybridized carbons (Fsp3) is 1.00. The van der Waals surface area contributed by atoms with E-state index in [-0.39, 0.29) is 0 Å². The van der Waals surface area contributed by atoms with E-state index >= 15 is 0 Å². The van der Waals surface area contributed by atoms with E-state index in [1.807, 2.05) is 0 Å². The predicted octanol–water partition coefficient (Wildman–Crippen LogP) is 2.25. The summed E-state index contributed by atoms with van der Waals surface area (Å²) in [7, 11) is 2.33. The van der Waals surface area contributed by atoms with Crippen molar-refractivity contribution >= 4 is 0 Å². The summed E-state index contributed by atoms with van der Waals surface area (Å²) in [6, 6.07) is 1.62. The van der Waals surface area contributed by atoms with E-state index in [0.29, 0.717) is 0 Å². The summed E-state index contributed by atoms with van der Waals surface area (Å²) in [5.74, 6) is 0.908. The van der Waals surface area contributed by atoms with Crippen LogP contribution in [0.5, 0.6) is 0 Å². The lowest BCUT2D eigenvalue weighted by atomic mass is 9.85. The zero-order valence-corrected chi connectivity index (χ0v) is 10.3. The molecule has 88 valence electrons. The third kappa shape index (κ3) is 2.94. The molecule has 2 unspecified atom stereocenters. The maximum absolute atomic E-state index is 3.60. The summed E-state index contributed by atoms with van der Waals surface area (Å²) in [5.41, 5.74) is 0. The fourth-order valence-corrected chi connectivity index (χ4v) is 3.35. The Labute approximate surface area is 94.4 Å². The van der Waals surface area contributed by atoms with E-state index in [4.69, 9.17) is 0 Å². The molecule has 0 spiro atoms. The third-order valence-corrected chi connectivity index (χ3v) is 4.30. The van der Waals surface area contributed by atoms with Gasteiger partial charge < -0.3 is 10.2 Å². The average Bonchev–Trinajstić information content (AvgIpc) is 2.71. The van der Waals surface area contributed by atoms with Crippen LogP contribution in [0.15, 0.2) is 0 Å². The number of hydrogen-bond donors (Lipinski definition) is 1. The first-order valence-electron chi connectivity index (χ1n) is 6.71. The van der Waals surface area contributed by atoms with Gasteiger partial charge in [-0.15, -0.1) is 0 Å². The lowest BCUT2D eigenvalue weighted by molar-refractivity contribution is 0.130. The van der Waals surface area contributed by atoms with Crippen LogP contribution in [0.1, 0.15) is 45.4 Å². The van der Waals surface area contributed by atoms with Crippen LogP contribution in [0.2, 0.25) is 0 Å². The molecule has 1 N–H and O–H groups in total. The van der Waals surface area contributed by atoms with Crippen LogP contribution in [-0.2, 0) is 0 Å². The summed E-state index contributed by atoms with van der Waals surface area (Å²) in [6.07, 6.45) is 8.51. The van der Waals surface area contributed by atoms with Crippen LogP contribution in [0.4, 0.5) is 0 Å². The monoisotopic (exact) mass is 210 g/mol. The van der Waals surface area contributed by atoms with Gasteiger partial charge in [0.05, 0.1) is 0 Å². The number of hydrogen-bond acceptors (Lipinski definition) is 2. The number of nitrogens with zero attached hydrogens (tertiary/aromatic N) is 1. The Balaban J connectivity index is 1.80. The lowest BCUT2D eigenvalue weighted by Crippen LogP contribution is -2.44. The molecular formula is C13H26N2. The Morgan fingerprint density at radius 3 is 2.60 bits per heavy atom. The SMILES string of the molecule is CC1CCCCC1N(C)C[C@@H]1CCCN1. The van der Waals surface area contributed by atoms with E-state index in [9.17, 15) is 0 Å². The van der Waals surface area contributed by atoms with Crippen molar-refractivity contribution in [3.05, 3.63) is 0 Å². The van der Waals surface area contributed by atoms with E-state index < -0.39 is 0 Å². The Bertz CT molecular complexity index is 187. The van der Waals surface area contributed by atoms with Gasteiger partial charge in [-0.25, -0.2) is 0 Å². The summed E-state index contributed by atoms with van der Waals surface area (Å²) >= 11 is 0. The first kappa shape index (κ1) is 11.4. The zero-order valence-electron chi connectivity index (χ0n) is 10.3. The van der Waals surface area contributed by atoms with Crippen molar-refractivity contribution in [3.8, 4) is 0 Å². The van der Waals surface area contributed by atoms with Crippen molar-refractivity contribution in [2.24, 2.45) is 5.92 Å². The smallest absolute Gasteiger partial charge is 0.0195 e. The van der Waals surface area contributed by atoms with Crippen molar-refractivity contribution in [1.29, 1.82) is 0 Å². The van der Waals surface area contributed by atoms with Crippen molar-refractivity contribution in [2.45, 2.75) is 57.5 Å². The van der Waals surface area contributed by atoms with Crippen LogP contribution in [-0.4, -0.2) is 37.1 Å². The number of nitrogens with one attached hydrogen (secondary N) is 1. The highest BCUT2D eigenvalue weighted by atomic mass is 15.2. The Morgan fingerprint density at radius 2 is 1.93 bits per heavy atom. The van der Waals surface area contributed by atoms with Gasteiger partial charge in [0.2, 0.25) is 0 Å². The molecule has 15 heavy (non-hydrogen) atoms. The maximum Gasteiger partial charge on any atom is 0.0195 e. The molecule has 2 fully saturated rings. The standard InChI is InChI=1S/C13H26N2/c1-11-6-3-4-8-13(11)15(2)10-12-7-5-9-14-12/h11-14H,3-10H2,1-2H3/t11?,12-,13?/m0/s1. The molecule has 1 aliphatic carbocycles. The van der Waals surface area contributed by atoms with Gasteiger partial charge in [0, 0.05) is 18.6 Å². The minimum Gasteiger partial charge on any atom is -0.313 e. The Kier molecular flexibility index (Phi) is 4.04. The lowest BCUT2D eigenvalue weighted by Gasteiger charge is -2.37. The third-order valence-electron chi connectivity index (χ3n) is 4.30. The van der Waals surface area contributed by atoms with Crippen LogP contribution in [0.3, 0.4) is 0 Å². The molecule has 0 aromatic rings. The second kappa shape index (κ2) is 5.31. The van der Waals surface area contributed by atoms with E-state index in [1.165, 1.54) is 51.6 Å². The maximum atomic E-state index is 3.60. The first-order chi connectivity index (χ1) is 7.27. The second-order valence-corrected chi connectivity index (χ2v) is 5.56. The van der Waals surface area contributed by atoms with Gasteiger partial charge in [0.25, 0.3) is 0 Å². The highest BCUT2D eigenvalue weighted by molar-refractivity contribution is 4.83. The fourth-order valence-electron chi connectivity index (χ4n) is 3.35. The molecule has 0 radical (unpaired) electrons. The average molecular weight is 210 g/mol. The van der Waals surface area contributed by atoms with Gasteiger partial charge in [-0.2, -0.15) is 0 Å². The molecular weight excluding hydrogens is 184 g/mol. The molecule has 0 aromatic heterocycles. The van der Waals surface area contributed by atoms with Crippen LogP contribution in [0, 0.1) is 5.92 Å². The van der Waals surface area contributed by atoms with Crippen LogP contribution >= 0.6 is 0 Å². The summed E-state index contributed by atoms with van der Waals surface area (Å²) in [4.78, 5) is 2.62. The van der Waals surface area contributed by atoms with Crippen LogP contribution in [0.25, 0.3) is 0 Å². The summed E-state index contributed by atoms with van der Waals surface area (Å²) < 4.78 is 0. The van der Waals surface area contributed by atoms with Gasteiger partial charge in [-0.1, -0.05) is 19.8 Å². The molecule has 0 bridgehead atoms. The molecule has 2 rings (SSSR count). The van der Waals surface area contributed by atoms with Crippen molar-refractivity contribution in [1.82, 2.24) is 10.2 Å². The molecule has 1 saturated heterocycles. The number of rotatable bonds is 3. The Morgan fingerprint density at radius 1 is 1.13 bits per heavy atom. The topological polar surface area (TPSA) is 15.3 Å². The first-order valence-corrected chi connectivity index (χ1v) is 6.71. The Hall–Kier alpha value is -0.0800. The van der Waals surface area contributed by atoms with E-state index in [2.05, 4.69) is 24.2 Å². The second-order valence-electron chi connectivity index (χ2n) is 5.56. The van der Waals surface area contributed by atoms with Gasteiger partial charge in [-0.3, -0.25) is 0 Å². The highest BCUT2D eigenvalue weighted by Gasteiger charge is 2.26. The largest absolute Gasteiger partial charge is 0.313 e. The molecule has 1 aliphatic heterocycles. The van der Waals surface area contributed by atoms with Gasteiger partial charge in [0.15, 0.2) is 0 Å². The zero-order chi connectivity index (χ0) is 10.7. The molecule has 2 aliphatic rings. The van der Waals surface area contributed by atoms with E-state index in [1.54, 1.807) is 0 Å². The quantitative estimate of drug-likeness (QED) is 0.768.